The van der Waals surface area contributed by atoms with Crippen LogP contribution in [0.15, 0.2) is 10.6 Å². The summed E-state index contributed by atoms with van der Waals surface area (Å²) in [6.07, 6.45) is 3.53. The Morgan fingerprint density at radius 2 is 2.09 bits per heavy atom. The van der Waals surface area contributed by atoms with Crippen molar-refractivity contribution in [1.29, 1.82) is 0 Å². The Kier molecular flexibility index (Phi) is 3.64. The Morgan fingerprint density at radius 3 is 2.77 bits per heavy atom. The van der Waals surface area contributed by atoms with Gasteiger partial charge in [-0.15, -0.1) is 0 Å². The van der Waals surface area contributed by atoms with E-state index in [2.05, 4.69) is 10.1 Å². The number of hydrogen-bond acceptors (Lipinski definition) is 5. The van der Waals surface area contributed by atoms with Gasteiger partial charge in [-0.25, -0.2) is 4.98 Å². The monoisotopic (exact) mass is 303 g/mol. The number of aryl methyl sites for hydroxylation is 2. The Hall–Kier alpha value is -1.95. The van der Waals surface area contributed by atoms with Gasteiger partial charge in [-0.2, -0.15) is 0 Å². The lowest BCUT2D eigenvalue weighted by Gasteiger charge is -2.28. The highest BCUT2D eigenvalue weighted by atomic mass is 16.5. The molecule has 0 atom stereocenters. The summed E-state index contributed by atoms with van der Waals surface area (Å²) in [4.78, 5) is 18.7. The first-order valence-electron chi connectivity index (χ1n) is 7.61. The maximum Gasteiger partial charge on any atom is 0.258 e. The molecule has 22 heavy (non-hydrogen) atoms. The molecule has 118 valence electrons. The molecule has 0 unspecified atom stereocenters. The van der Waals surface area contributed by atoms with E-state index >= 15 is 0 Å². The second kappa shape index (κ2) is 5.35. The first-order chi connectivity index (χ1) is 10.4. The van der Waals surface area contributed by atoms with Crippen molar-refractivity contribution in [2.75, 3.05) is 13.6 Å². The summed E-state index contributed by atoms with van der Waals surface area (Å²) in [5, 5.41) is 15.1. The summed E-state index contributed by atoms with van der Waals surface area (Å²) in [6, 6.07) is 1.75. The van der Waals surface area contributed by atoms with Gasteiger partial charge in [-0.3, -0.25) is 4.79 Å². The molecular formula is C16H21N3O3. The number of carbonyl (C=O) groups is 1. The lowest BCUT2D eigenvalue weighted by Crippen LogP contribution is -2.42. The highest BCUT2D eigenvalue weighted by Crippen LogP contribution is 2.31. The lowest BCUT2D eigenvalue weighted by atomic mass is 10.0. The third kappa shape index (κ3) is 2.59. The number of likely N-dealkylation sites (N-methyl/N-ethyl adjacent to an activating group) is 1. The van der Waals surface area contributed by atoms with Gasteiger partial charge >= 0.3 is 0 Å². The zero-order valence-electron chi connectivity index (χ0n) is 13.2. The van der Waals surface area contributed by atoms with Gasteiger partial charge in [0.2, 0.25) is 0 Å². The second-order valence-corrected chi connectivity index (χ2v) is 6.35. The van der Waals surface area contributed by atoms with Gasteiger partial charge in [-0.05, 0) is 32.8 Å². The zero-order chi connectivity index (χ0) is 15.9. The smallest absolute Gasteiger partial charge is 0.258 e. The number of nitrogens with zero attached hydrogens (tertiary/aromatic N) is 3. The minimum absolute atomic E-state index is 0.137. The van der Waals surface area contributed by atoms with Crippen LogP contribution >= 0.6 is 0 Å². The van der Waals surface area contributed by atoms with Crippen LogP contribution in [0.3, 0.4) is 0 Å². The van der Waals surface area contributed by atoms with Crippen molar-refractivity contribution in [3.8, 4) is 0 Å². The van der Waals surface area contributed by atoms with Crippen LogP contribution in [0, 0.1) is 13.8 Å². The molecular weight excluding hydrogens is 282 g/mol. The van der Waals surface area contributed by atoms with E-state index in [1.807, 2.05) is 6.92 Å². The molecule has 0 spiro atoms. The molecule has 2 aromatic heterocycles. The van der Waals surface area contributed by atoms with Crippen molar-refractivity contribution in [1.82, 2.24) is 15.0 Å². The van der Waals surface area contributed by atoms with Crippen molar-refractivity contribution in [2.45, 2.75) is 45.1 Å². The normalized spacial score (nSPS) is 17.1. The molecule has 0 saturated heterocycles. The van der Waals surface area contributed by atoms with Crippen LogP contribution in [0.4, 0.5) is 0 Å². The number of aliphatic hydroxyl groups is 1. The summed E-state index contributed by atoms with van der Waals surface area (Å²) in [7, 11) is 1.73. The molecule has 6 nitrogen and oxygen atoms in total. The minimum atomic E-state index is -0.755. The number of fused-ring (bicyclic) bond motifs is 1. The first kappa shape index (κ1) is 15.0. The lowest BCUT2D eigenvalue weighted by molar-refractivity contribution is 0.0157. The average molecular weight is 303 g/mol. The van der Waals surface area contributed by atoms with Crippen molar-refractivity contribution in [3.63, 3.8) is 0 Å². The molecule has 1 amide bonds. The predicted molar refractivity (Wildman–Crippen MR) is 81.7 cm³/mol. The largest absolute Gasteiger partial charge is 0.388 e. The summed E-state index contributed by atoms with van der Waals surface area (Å²) >= 11 is 0. The Morgan fingerprint density at radius 1 is 1.41 bits per heavy atom. The molecule has 2 aromatic rings. The van der Waals surface area contributed by atoms with Crippen molar-refractivity contribution < 1.29 is 14.4 Å². The summed E-state index contributed by atoms with van der Waals surface area (Å²) in [5.41, 5.74) is 1.52. The van der Waals surface area contributed by atoms with Gasteiger partial charge in [0.05, 0.1) is 22.2 Å². The third-order valence-corrected chi connectivity index (χ3v) is 4.39. The number of pyridine rings is 1. The summed E-state index contributed by atoms with van der Waals surface area (Å²) in [5.74, 6) is -0.137. The highest BCUT2D eigenvalue weighted by Gasteiger charge is 2.34. The molecule has 1 aliphatic carbocycles. The molecule has 0 aliphatic heterocycles. The maximum atomic E-state index is 12.8. The van der Waals surface area contributed by atoms with E-state index in [4.69, 9.17) is 4.52 Å². The minimum Gasteiger partial charge on any atom is -0.388 e. The molecule has 0 aromatic carbocycles. The fourth-order valence-corrected chi connectivity index (χ4v) is 3.30. The molecule has 3 rings (SSSR count). The topological polar surface area (TPSA) is 79.5 Å². The summed E-state index contributed by atoms with van der Waals surface area (Å²) in [6.45, 7) is 3.96. The van der Waals surface area contributed by atoms with Gasteiger partial charge in [-0.1, -0.05) is 18.0 Å². The number of aromatic nitrogens is 2. The molecule has 1 saturated carbocycles. The molecule has 0 radical (unpaired) electrons. The zero-order valence-corrected chi connectivity index (χ0v) is 13.2. The van der Waals surface area contributed by atoms with Crippen molar-refractivity contribution in [3.05, 3.63) is 23.0 Å². The quantitative estimate of drug-likeness (QED) is 0.940. The standard InChI is InChI=1S/C16H21N3O3/c1-10-8-12(13-11(2)18-22-14(13)17-10)15(20)19(3)9-16(21)6-4-5-7-16/h8,21H,4-7,9H2,1-3H3. The van der Waals surface area contributed by atoms with Crippen LogP contribution in [0.5, 0.6) is 0 Å². The molecule has 1 fully saturated rings. The van der Waals surface area contributed by atoms with Gasteiger partial charge in [0, 0.05) is 19.3 Å². The van der Waals surface area contributed by atoms with E-state index in [1.165, 1.54) is 0 Å². The third-order valence-electron chi connectivity index (χ3n) is 4.39. The number of carbonyl (C=O) groups excluding carboxylic acids is 1. The molecule has 1 N–H and O–H groups in total. The van der Waals surface area contributed by atoms with E-state index < -0.39 is 5.60 Å². The average Bonchev–Trinajstić information content (AvgIpc) is 3.04. The molecule has 6 heteroatoms. The van der Waals surface area contributed by atoms with E-state index in [0.717, 1.165) is 25.7 Å². The highest BCUT2D eigenvalue weighted by molar-refractivity contribution is 6.05. The van der Waals surface area contributed by atoms with Gasteiger partial charge in [0.25, 0.3) is 11.6 Å². The number of hydrogen-bond donors (Lipinski definition) is 1. The molecule has 1 aliphatic rings. The Labute approximate surface area is 129 Å². The fraction of sp³-hybridized carbons (Fsp3) is 0.562. The van der Waals surface area contributed by atoms with E-state index in [0.29, 0.717) is 34.6 Å². The molecule has 0 bridgehead atoms. The van der Waals surface area contributed by atoms with Gasteiger partial charge < -0.3 is 14.5 Å². The SMILES string of the molecule is Cc1cc(C(=O)N(C)CC2(O)CCCC2)c2c(C)noc2n1. The van der Waals surface area contributed by atoms with Crippen molar-refractivity contribution >= 4 is 17.0 Å². The van der Waals surface area contributed by atoms with E-state index in [9.17, 15) is 9.90 Å². The number of rotatable bonds is 3. The predicted octanol–water partition coefficient (Wildman–Crippen LogP) is 2.22. The molecule has 2 heterocycles. The first-order valence-corrected chi connectivity index (χ1v) is 7.61. The van der Waals surface area contributed by atoms with Crippen LogP contribution in [-0.4, -0.2) is 45.2 Å². The Balaban J connectivity index is 1.93. The number of amides is 1. The van der Waals surface area contributed by atoms with Crippen LogP contribution in [-0.2, 0) is 0 Å². The Bertz CT molecular complexity index is 717. The van der Waals surface area contributed by atoms with Crippen LogP contribution < -0.4 is 0 Å². The van der Waals surface area contributed by atoms with Crippen LogP contribution in [0.2, 0.25) is 0 Å². The second-order valence-electron chi connectivity index (χ2n) is 6.35. The van der Waals surface area contributed by atoms with Gasteiger partial charge in [0.15, 0.2) is 0 Å². The van der Waals surface area contributed by atoms with Gasteiger partial charge in [0.1, 0.15) is 0 Å². The fourth-order valence-electron chi connectivity index (χ4n) is 3.30. The van der Waals surface area contributed by atoms with Crippen LogP contribution in [0.25, 0.3) is 11.1 Å². The summed E-state index contributed by atoms with van der Waals surface area (Å²) < 4.78 is 5.17. The maximum absolute atomic E-state index is 12.8. The van der Waals surface area contributed by atoms with Crippen molar-refractivity contribution in [2.24, 2.45) is 0 Å². The van der Waals surface area contributed by atoms with Crippen LogP contribution in [0.1, 0.15) is 47.4 Å². The van der Waals surface area contributed by atoms with E-state index in [1.54, 1.807) is 24.9 Å². The van der Waals surface area contributed by atoms with E-state index in [-0.39, 0.29) is 5.91 Å².